The van der Waals surface area contributed by atoms with Crippen molar-refractivity contribution in [1.29, 1.82) is 0 Å². The number of rotatable bonds is 5. The lowest BCUT2D eigenvalue weighted by Crippen LogP contribution is -2.45. The van der Waals surface area contributed by atoms with Crippen LogP contribution in [0, 0.1) is 5.92 Å². The number of hydrogen-bond donors (Lipinski definition) is 1. The fourth-order valence-electron chi connectivity index (χ4n) is 3.26. The Bertz CT molecular complexity index is 749. The third-order valence-corrected chi connectivity index (χ3v) is 5.25. The molecule has 2 fully saturated rings. The molecule has 1 N–H and O–H groups in total. The zero-order chi connectivity index (χ0) is 17.2. The summed E-state index contributed by atoms with van der Waals surface area (Å²) in [4.78, 5) is 14.5. The maximum atomic E-state index is 12.7. The van der Waals surface area contributed by atoms with Crippen LogP contribution >= 0.6 is 11.6 Å². The lowest BCUT2D eigenvalue weighted by Gasteiger charge is -2.32. The smallest absolute Gasteiger partial charge is 0.276 e. The summed E-state index contributed by atoms with van der Waals surface area (Å²) in [5.41, 5.74) is 1.18. The van der Waals surface area contributed by atoms with Crippen molar-refractivity contribution in [2.24, 2.45) is 5.92 Å². The van der Waals surface area contributed by atoms with E-state index < -0.39 is 0 Å². The molecule has 2 aromatic rings. The van der Waals surface area contributed by atoms with Gasteiger partial charge in [0.05, 0.1) is 0 Å². The summed E-state index contributed by atoms with van der Waals surface area (Å²) in [5, 5.41) is 8.22. The number of carbonyl (C=O) groups excluding carboxylic acids is 1. The molecule has 4 rings (SSSR count). The van der Waals surface area contributed by atoms with Gasteiger partial charge in [-0.25, -0.2) is 0 Å². The highest BCUT2D eigenvalue weighted by molar-refractivity contribution is 6.30. The molecule has 0 spiro atoms. The molecule has 6 heteroatoms. The van der Waals surface area contributed by atoms with Crippen LogP contribution in [0.25, 0.3) is 11.3 Å². The number of nitrogens with zero attached hydrogens (tertiary/aromatic N) is 2. The van der Waals surface area contributed by atoms with Crippen LogP contribution in [-0.4, -0.2) is 41.6 Å². The molecule has 0 atom stereocenters. The Morgan fingerprint density at radius 2 is 2.04 bits per heavy atom. The minimum absolute atomic E-state index is 0.0577. The van der Waals surface area contributed by atoms with Crippen LogP contribution in [0.5, 0.6) is 0 Å². The Hall–Kier alpha value is -1.85. The van der Waals surface area contributed by atoms with E-state index in [1.807, 2.05) is 17.0 Å². The van der Waals surface area contributed by atoms with E-state index in [2.05, 4.69) is 10.5 Å². The molecule has 132 valence electrons. The van der Waals surface area contributed by atoms with Crippen molar-refractivity contribution in [2.45, 2.75) is 31.7 Å². The molecule has 1 amide bonds. The topological polar surface area (TPSA) is 58.4 Å². The summed E-state index contributed by atoms with van der Waals surface area (Å²) in [6.45, 7) is 2.66. The Morgan fingerprint density at radius 3 is 2.76 bits per heavy atom. The van der Waals surface area contributed by atoms with E-state index in [4.69, 9.17) is 16.1 Å². The van der Waals surface area contributed by atoms with E-state index in [9.17, 15) is 4.79 Å². The predicted octanol–water partition coefficient (Wildman–Crippen LogP) is 3.60. The van der Waals surface area contributed by atoms with E-state index >= 15 is 0 Å². The molecule has 0 bridgehead atoms. The van der Waals surface area contributed by atoms with Crippen molar-refractivity contribution >= 4 is 17.5 Å². The third kappa shape index (κ3) is 4.05. The van der Waals surface area contributed by atoms with Gasteiger partial charge >= 0.3 is 0 Å². The number of benzene rings is 1. The lowest BCUT2D eigenvalue weighted by molar-refractivity contribution is 0.0694. The van der Waals surface area contributed by atoms with Crippen LogP contribution in [0.2, 0.25) is 5.02 Å². The average molecular weight is 360 g/mol. The summed E-state index contributed by atoms with van der Waals surface area (Å²) < 4.78 is 5.34. The van der Waals surface area contributed by atoms with Crippen molar-refractivity contribution in [2.75, 3.05) is 19.6 Å². The van der Waals surface area contributed by atoms with Gasteiger partial charge in [0.15, 0.2) is 11.5 Å². The maximum Gasteiger partial charge on any atom is 0.276 e. The maximum absolute atomic E-state index is 12.7. The first-order valence-corrected chi connectivity index (χ1v) is 9.32. The quantitative estimate of drug-likeness (QED) is 0.886. The third-order valence-electron chi connectivity index (χ3n) is 5.01. The molecular formula is C19H22ClN3O2. The molecule has 1 aliphatic carbocycles. The zero-order valence-corrected chi connectivity index (χ0v) is 14.8. The molecule has 1 aromatic heterocycles. The second-order valence-electron chi connectivity index (χ2n) is 7.00. The molecule has 0 unspecified atom stereocenters. The second-order valence-corrected chi connectivity index (χ2v) is 7.44. The molecule has 1 saturated carbocycles. The number of amides is 1. The van der Waals surface area contributed by atoms with Gasteiger partial charge in [0.1, 0.15) is 0 Å². The highest BCUT2D eigenvalue weighted by atomic mass is 35.5. The number of piperidine rings is 1. The van der Waals surface area contributed by atoms with Gasteiger partial charge in [0.2, 0.25) is 0 Å². The fourth-order valence-corrected chi connectivity index (χ4v) is 3.45. The van der Waals surface area contributed by atoms with Gasteiger partial charge in [-0.3, -0.25) is 4.79 Å². The SMILES string of the molecule is O=C(c1cc(-c2cccc(Cl)c2)on1)N1CCC(NCC2CC2)CC1. The number of aromatic nitrogens is 1. The van der Waals surface area contributed by atoms with Crippen LogP contribution in [-0.2, 0) is 0 Å². The predicted molar refractivity (Wildman–Crippen MR) is 96.6 cm³/mol. The van der Waals surface area contributed by atoms with Crippen LogP contribution in [0.15, 0.2) is 34.9 Å². The Kier molecular flexibility index (Phi) is 4.77. The van der Waals surface area contributed by atoms with Gasteiger partial charge in [-0.1, -0.05) is 28.9 Å². The number of halogens is 1. The van der Waals surface area contributed by atoms with Gasteiger partial charge < -0.3 is 14.7 Å². The molecular weight excluding hydrogens is 338 g/mol. The second kappa shape index (κ2) is 7.18. The Morgan fingerprint density at radius 1 is 1.24 bits per heavy atom. The van der Waals surface area contributed by atoms with Crippen molar-refractivity contribution in [3.05, 3.63) is 41.0 Å². The summed E-state index contributed by atoms with van der Waals surface area (Å²) in [6, 6.07) is 9.57. The highest BCUT2D eigenvalue weighted by Gasteiger charge is 2.27. The van der Waals surface area contributed by atoms with Crippen LogP contribution in [0.4, 0.5) is 0 Å². The van der Waals surface area contributed by atoms with Crippen molar-refractivity contribution in [3.8, 4) is 11.3 Å². The Balaban J connectivity index is 1.35. The monoisotopic (exact) mass is 359 g/mol. The van der Waals surface area contributed by atoms with Gasteiger partial charge in [0.25, 0.3) is 5.91 Å². The first kappa shape index (κ1) is 16.6. The molecule has 25 heavy (non-hydrogen) atoms. The minimum Gasteiger partial charge on any atom is -0.355 e. The average Bonchev–Trinajstić information content (AvgIpc) is 3.33. The van der Waals surface area contributed by atoms with Crippen LogP contribution in [0.3, 0.4) is 0 Å². The zero-order valence-electron chi connectivity index (χ0n) is 14.1. The summed E-state index contributed by atoms with van der Waals surface area (Å²) >= 11 is 6.01. The first-order valence-electron chi connectivity index (χ1n) is 8.94. The van der Waals surface area contributed by atoms with Gasteiger partial charge in [-0.15, -0.1) is 0 Å². The summed E-state index contributed by atoms with van der Waals surface area (Å²) in [5.74, 6) is 1.39. The molecule has 1 saturated heterocycles. The van der Waals surface area contributed by atoms with Gasteiger partial charge in [0, 0.05) is 35.8 Å². The molecule has 2 aliphatic rings. The van der Waals surface area contributed by atoms with E-state index in [-0.39, 0.29) is 5.91 Å². The minimum atomic E-state index is -0.0577. The normalized spacial score (nSPS) is 18.5. The van der Waals surface area contributed by atoms with E-state index in [1.165, 1.54) is 12.8 Å². The molecule has 2 heterocycles. The van der Waals surface area contributed by atoms with E-state index in [1.54, 1.807) is 18.2 Å². The van der Waals surface area contributed by atoms with Crippen molar-refractivity contribution in [1.82, 2.24) is 15.4 Å². The molecule has 5 nitrogen and oxygen atoms in total. The number of carbonyl (C=O) groups is 1. The van der Waals surface area contributed by atoms with E-state index in [0.29, 0.717) is 22.5 Å². The van der Waals surface area contributed by atoms with Gasteiger partial charge in [-0.2, -0.15) is 0 Å². The van der Waals surface area contributed by atoms with Crippen molar-refractivity contribution < 1.29 is 9.32 Å². The van der Waals surface area contributed by atoms with E-state index in [0.717, 1.165) is 44.0 Å². The largest absolute Gasteiger partial charge is 0.355 e. The standard InChI is InChI=1S/C19H22ClN3O2/c20-15-3-1-2-14(10-15)18-11-17(22-25-18)19(24)23-8-6-16(7-9-23)21-12-13-4-5-13/h1-3,10-11,13,16,21H,4-9,12H2. The summed E-state index contributed by atoms with van der Waals surface area (Å²) in [7, 11) is 0. The fraction of sp³-hybridized carbons (Fsp3) is 0.474. The first-order chi connectivity index (χ1) is 12.2. The summed E-state index contributed by atoms with van der Waals surface area (Å²) in [6.07, 6.45) is 4.73. The molecule has 1 aliphatic heterocycles. The highest BCUT2D eigenvalue weighted by Crippen LogP contribution is 2.28. The number of likely N-dealkylation sites (tertiary alicyclic amines) is 1. The van der Waals surface area contributed by atoms with Crippen molar-refractivity contribution in [3.63, 3.8) is 0 Å². The van der Waals surface area contributed by atoms with Crippen LogP contribution in [0.1, 0.15) is 36.2 Å². The van der Waals surface area contributed by atoms with Crippen LogP contribution < -0.4 is 5.32 Å². The molecule has 1 aromatic carbocycles. The number of nitrogens with one attached hydrogen (secondary N) is 1. The lowest BCUT2D eigenvalue weighted by atomic mass is 10.0. The van der Waals surface area contributed by atoms with Gasteiger partial charge in [-0.05, 0) is 50.3 Å². The molecule has 0 radical (unpaired) electrons. The Labute approximate surface area is 152 Å². The number of hydrogen-bond acceptors (Lipinski definition) is 4.